The lowest BCUT2D eigenvalue weighted by atomic mass is 10.1. The van der Waals surface area contributed by atoms with Crippen molar-refractivity contribution in [2.75, 3.05) is 11.9 Å². The van der Waals surface area contributed by atoms with Crippen LogP contribution in [0.15, 0.2) is 46.9 Å². The number of fused-ring (bicyclic) bond motifs is 1. The summed E-state index contributed by atoms with van der Waals surface area (Å²) in [6.07, 6.45) is 0.575. The molecule has 1 aliphatic rings. The standard InChI is InChI=1S/C20H14FN5O3S/c21-12-8-11(10-4-2-1-3-5-10)9-14-15(12)24-19(30-14)16(27)18-25-26-20(29-18)23-13-6-7-22-17(13)28/h1-5,8-9,13H,6-7H2,(H,22,28)(H,23,26). The molecule has 0 aliphatic carbocycles. The van der Waals surface area contributed by atoms with E-state index in [-0.39, 0.29) is 28.3 Å². The third kappa shape index (κ3) is 3.30. The first kappa shape index (κ1) is 18.4. The molecule has 0 spiro atoms. The second kappa shape index (κ2) is 7.30. The Labute approximate surface area is 173 Å². The highest BCUT2D eigenvalue weighted by atomic mass is 32.1. The van der Waals surface area contributed by atoms with Gasteiger partial charge >= 0.3 is 6.01 Å². The van der Waals surface area contributed by atoms with E-state index in [1.165, 1.54) is 6.07 Å². The highest BCUT2D eigenvalue weighted by Crippen LogP contribution is 2.31. The molecule has 0 saturated carbocycles. The van der Waals surface area contributed by atoms with Crippen LogP contribution in [-0.4, -0.2) is 39.5 Å². The van der Waals surface area contributed by atoms with Crippen molar-refractivity contribution in [3.63, 3.8) is 0 Å². The number of benzene rings is 2. The number of halogens is 1. The number of carbonyl (C=O) groups excluding carboxylic acids is 2. The molecular weight excluding hydrogens is 409 g/mol. The van der Waals surface area contributed by atoms with Crippen LogP contribution in [0.4, 0.5) is 10.4 Å². The van der Waals surface area contributed by atoms with Gasteiger partial charge in [0.2, 0.25) is 5.91 Å². The lowest BCUT2D eigenvalue weighted by molar-refractivity contribution is -0.119. The molecule has 2 aromatic heterocycles. The maximum absolute atomic E-state index is 14.6. The summed E-state index contributed by atoms with van der Waals surface area (Å²) >= 11 is 1.05. The van der Waals surface area contributed by atoms with Crippen LogP contribution in [0.5, 0.6) is 0 Å². The molecule has 3 heterocycles. The first-order chi connectivity index (χ1) is 14.6. The molecule has 8 nitrogen and oxygen atoms in total. The molecule has 4 aromatic rings. The minimum atomic E-state index is -0.603. The first-order valence-electron chi connectivity index (χ1n) is 9.16. The number of hydrogen-bond acceptors (Lipinski definition) is 8. The highest BCUT2D eigenvalue weighted by molar-refractivity contribution is 7.20. The number of anilines is 1. The number of ketones is 1. The maximum atomic E-state index is 14.6. The van der Waals surface area contributed by atoms with Crippen LogP contribution in [0.3, 0.4) is 0 Å². The van der Waals surface area contributed by atoms with Crippen molar-refractivity contribution in [3.05, 3.63) is 59.2 Å². The smallest absolute Gasteiger partial charge is 0.316 e. The maximum Gasteiger partial charge on any atom is 0.316 e. The fourth-order valence-electron chi connectivity index (χ4n) is 3.23. The van der Waals surface area contributed by atoms with Crippen molar-refractivity contribution < 1.29 is 18.4 Å². The highest BCUT2D eigenvalue weighted by Gasteiger charge is 2.27. The monoisotopic (exact) mass is 423 g/mol. The van der Waals surface area contributed by atoms with E-state index in [1.807, 2.05) is 30.3 Å². The molecule has 30 heavy (non-hydrogen) atoms. The Morgan fingerprint density at radius 1 is 1.20 bits per heavy atom. The predicted octanol–water partition coefficient (Wildman–Crippen LogP) is 3.02. The lowest BCUT2D eigenvalue weighted by Crippen LogP contribution is -2.29. The second-order valence-corrected chi connectivity index (χ2v) is 7.74. The van der Waals surface area contributed by atoms with Crippen molar-refractivity contribution in [3.8, 4) is 11.1 Å². The molecule has 1 aliphatic heterocycles. The lowest BCUT2D eigenvalue weighted by Gasteiger charge is -2.05. The van der Waals surface area contributed by atoms with E-state index < -0.39 is 17.6 Å². The molecule has 2 N–H and O–H groups in total. The van der Waals surface area contributed by atoms with E-state index in [1.54, 1.807) is 6.07 Å². The summed E-state index contributed by atoms with van der Waals surface area (Å²) in [4.78, 5) is 28.5. The fourth-order valence-corrected chi connectivity index (χ4v) is 4.18. The van der Waals surface area contributed by atoms with Gasteiger partial charge in [-0.25, -0.2) is 9.37 Å². The van der Waals surface area contributed by atoms with Crippen molar-refractivity contribution in [1.82, 2.24) is 20.5 Å². The van der Waals surface area contributed by atoms with Crippen molar-refractivity contribution >= 4 is 39.3 Å². The number of rotatable bonds is 5. The number of nitrogens with zero attached hydrogens (tertiary/aromatic N) is 3. The predicted molar refractivity (Wildman–Crippen MR) is 108 cm³/mol. The number of thiazole rings is 1. The largest absolute Gasteiger partial charge is 0.400 e. The van der Waals surface area contributed by atoms with E-state index in [0.717, 1.165) is 16.9 Å². The average Bonchev–Trinajstić information content (AvgIpc) is 3.49. The summed E-state index contributed by atoms with van der Waals surface area (Å²) in [5.74, 6) is -1.56. The van der Waals surface area contributed by atoms with E-state index in [9.17, 15) is 14.0 Å². The zero-order chi connectivity index (χ0) is 20.7. The van der Waals surface area contributed by atoms with E-state index in [4.69, 9.17) is 4.42 Å². The summed E-state index contributed by atoms with van der Waals surface area (Å²) in [5, 5.41) is 13.0. The molecule has 1 unspecified atom stereocenters. The summed E-state index contributed by atoms with van der Waals surface area (Å²) in [7, 11) is 0. The molecule has 150 valence electrons. The number of aromatic nitrogens is 3. The Hall–Kier alpha value is -3.66. The quantitative estimate of drug-likeness (QED) is 0.475. The molecule has 0 radical (unpaired) electrons. The Kier molecular flexibility index (Phi) is 4.47. The molecule has 10 heteroatoms. The zero-order valence-electron chi connectivity index (χ0n) is 15.4. The molecule has 0 bridgehead atoms. The molecule has 5 rings (SSSR count). The second-order valence-electron chi connectivity index (χ2n) is 6.71. The van der Waals surface area contributed by atoms with Crippen LogP contribution in [-0.2, 0) is 4.79 Å². The van der Waals surface area contributed by atoms with E-state index in [2.05, 4.69) is 25.8 Å². The van der Waals surface area contributed by atoms with Gasteiger partial charge in [-0.3, -0.25) is 9.59 Å². The Morgan fingerprint density at radius 3 is 2.80 bits per heavy atom. The number of carbonyl (C=O) groups is 2. The van der Waals surface area contributed by atoms with Crippen LogP contribution >= 0.6 is 11.3 Å². The van der Waals surface area contributed by atoms with Crippen LogP contribution in [0.1, 0.15) is 22.1 Å². The van der Waals surface area contributed by atoms with Crippen molar-refractivity contribution in [2.24, 2.45) is 0 Å². The summed E-state index contributed by atoms with van der Waals surface area (Å²) < 4.78 is 20.5. The van der Waals surface area contributed by atoms with E-state index in [0.29, 0.717) is 23.2 Å². The average molecular weight is 423 g/mol. The van der Waals surface area contributed by atoms with Crippen LogP contribution < -0.4 is 10.6 Å². The van der Waals surface area contributed by atoms with E-state index >= 15 is 0 Å². The van der Waals surface area contributed by atoms with Gasteiger partial charge < -0.3 is 15.1 Å². The van der Waals surface area contributed by atoms with Gasteiger partial charge in [0, 0.05) is 6.54 Å². The normalized spacial score (nSPS) is 16.0. The van der Waals surface area contributed by atoms with Crippen LogP contribution in [0.2, 0.25) is 0 Å². The number of nitrogens with one attached hydrogen (secondary N) is 2. The van der Waals surface area contributed by atoms with Gasteiger partial charge in [-0.05, 0) is 29.7 Å². The minimum absolute atomic E-state index is 0.0287. The van der Waals surface area contributed by atoms with Gasteiger partial charge in [0.25, 0.3) is 11.7 Å². The fraction of sp³-hybridized carbons (Fsp3) is 0.150. The van der Waals surface area contributed by atoms with Crippen LogP contribution in [0.25, 0.3) is 21.3 Å². The third-order valence-corrected chi connectivity index (χ3v) is 5.72. The molecule has 1 atom stereocenters. The SMILES string of the molecule is O=C(c1nnc(NC2CCNC2=O)o1)c1nc2c(F)cc(-c3ccccc3)cc2s1. The first-order valence-corrected chi connectivity index (χ1v) is 9.98. The van der Waals surface area contributed by atoms with Crippen molar-refractivity contribution in [1.29, 1.82) is 0 Å². The third-order valence-electron chi connectivity index (χ3n) is 4.72. The Balaban J connectivity index is 1.43. The molecule has 1 saturated heterocycles. The van der Waals surface area contributed by atoms with Crippen molar-refractivity contribution in [2.45, 2.75) is 12.5 Å². The summed E-state index contributed by atoms with van der Waals surface area (Å²) in [5.41, 5.74) is 1.68. The summed E-state index contributed by atoms with van der Waals surface area (Å²) in [6.45, 7) is 0.554. The number of hydrogen-bond donors (Lipinski definition) is 2. The van der Waals surface area contributed by atoms with Gasteiger partial charge in [0.05, 0.1) is 4.70 Å². The topological polar surface area (TPSA) is 110 Å². The van der Waals surface area contributed by atoms with Crippen LogP contribution in [0, 0.1) is 5.82 Å². The Bertz CT molecular complexity index is 1270. The Morgan fingerprint density at radius 2 is 2.03 bits per heavy atom. The zero-order valence-corrected chi connectivity index (χ0v) is 16.2. The van der Waals surface area contributed by atoms with Gasteiger partial charge in [-0.2, -0.15) is 0 Å². The van der Waals surface area contributed by atoms with Gasteiger partial charge in [-0.1, -0.05) is 35.4 Å². The molecule has 1 fully saturated rings. The molecule has 2 aromatic carbocycles. The minimum Gasteiger partial charge on any atom is -0.400 e. The van der Waals surface area contributed by atoms with Gasteiger partial charge in [-0.15, -0.1) is 16.4 Å². The van der Waals surface area contributed by atoms with Gasteiger partial charge in [0.1, 0.15) is 11.6 Å². The number of amides is 1. The van der Waals surface area contributed by atoms with Gasteiger partial charge in [0.15, 0.2) is 10.8 Å². The molecule has 1 amide bonds. The molecular formula is C20H14FN5O3S. The summed E-state index contributed by atoms with van der Waals surface area (Å²) in [6, 6.07) is 12.1.